The summed E-state index contributed by atoms with van der Waals surface area (Å²) in [6.45, 7) is 5.44. The van der Waals surface area contributed by atoms with Crippen LogP contribution < -0.4 is 4.74 Å². The normalized spacial score (nSPS) is 10.1. The van der Waals surface area contributed by atoms with E-state index in [2.05, 4.69) is 11.6 Å². The molecular formula is C10H11NO. The standard InChI is InChI=1S/C10H11NO/c1-3-4-8-12-10-7-5-6-9(2)11-10/h3-8H,1H2,2H3/b8-4+. The van der Waals surface area contributed by atoms with Crippen LogP contribution in [0.4, 0.5) is 0 Å². The van der Waals surface area contributed by atoms with E-state index >= 15 is 0 Å². The average Bonchev–Trinajstić information content (AvgIpc) is 2.05. The van der Waals surface area contributed by atoms with Gasteiger partial charge in [-0.2, -0.15) is 0 Å². The Morgan fingerprint density at radius 3 is 3.00 bits per heavy atom. The number of aromatic nitrogens is 1. The maximum absolute atomic E-state index is 5.16. The van der Waals surface area contributed by atoms with Gasteiger partial charge in [0, 0.05) is 11.8 Å². The number of aryl methyl sites for hydroxylation is 1. The van der Waals surface area contributed by atoms with Crippen LogP contribution >= 0.6 is 0 Å². The Morgan fingerprint density at radius 1 is 1.50 bits per heavy atom. The Hall–Kier alpha value is -1.57. The molecule has 0 aliphatic heterocycles. The second-order valence-corrected chi connectivity index (χ2v) is 2.30. The molecule has 1 heterocycles. The molecule has 0 aromatic carbocycles. The van der Waals surface area contributed by atoms with Crippen LogP contribution in [0.15, 0.2) is 43.2 Å². The number of rotatable bonds is 3. The third-order valence-corrected chi connectivity index (χ3v) is 1.27. The van der Waals surface area contributed by atoms with Crippen molar-refractivity contribution in [1.29, 1.82) is 0 Å². The van der Waals surface area contributed by atoms with Gasteiger partial charge in [0.15, 0.2) is 0 Å². The molecule has 0 fully saturated rings. The van der Waals surface area contributed by atoms with Crippen molar-refractivity contribution in [1.82, 2.24) is 4.98 Å². The van der Waals surface area contributed by atoms with Crippen LogP contribution in [0.1, 0.15) is 5.69 Å². The molecule has 0 N–H and O–H groups in total. The van der Waals surface area contributed by atoms with E-state index in [0.29, 0.717) is 5.88 Å². The molecule has 62 valence electrons. The fourth-order valence-corrected chi connectivity index (χ4v) is 0.748. The van der Waals surface area contributed by atoms with Gasteiger partial charge < -0.3 is 4.74 Å². The van der Waals surface area contributed by atoms with Gasteiger partial charge in [-0.3, -0.25) is 0 Å². The highest BCUT2D eigenvalue weighted by Gasteiger charge is 1.90. The van der Waals surface area contributed by atoms with Crippen molar-refractivity contribution in [2.45, 2.75) is 6.92 Å². The van der Waals surface area contributed by atoms with Crippen LogP contribution in [0.25, 0.3) is 0 Å². The van der Waals surface area contributed by atoms with Gasteiger partial charge in [0.1, 0.15) is 0 Å². The summed E-state index contributed by atoms with van der Waals surface area (Å²) in [6.07, 6.45) is 4.91. The van der Waals surface area contributed by atoms with Gasteiger partial charge in [-0.05, 0) is 19.1 Å². The van der Waals surface area contributed by atoms with Crippen molar-refractivity contribution in [3.8, 4) is 5.88 Å². The monoisotopic (exact) mass is 161 g/mol. The molecular weight excluding hydrogens is 150 g/mol. The SMILES string of the molecule is C=C/C=C/Oc1cccc(C)n1. The molecule has 0 radical (unpaired) electrons. The zero-order valence-corrected chi connectivity index (χ0v) is 7.03. The third-order valence-electron chi connectivity index (χ3n) is 1.27. The maximum atomic E-state index is 5.16. The molecule has 1 aromatic rings. The van der Waals surface area contributed by atoms with Crippen molar-refractivity contribution in [2.75, 3.05) is 0 Å². The second-order valence-electron chi connectivity index (χ2n) is 2.30. The lowest BCUT2D eigenvalue weighted by atomic mass is 10.4. The summed E-state index contributed by atoms with van der Waals surface area (Å²) < 4.78 is 5.16. The van der Waals surface area contributed by atoms with Crippen molar-refractivity contribution in [2.24, 2.45) is 0 Å². The van der Waals surface area contributed by atoms with Crippen LogP contribution in [0, 0.1) is 6.92 Å². The van der Waals surface area contributed by atoms with Gasteiger partial charge in [-0.1, -0.05) is 18.7 Å². The lowest BCUT2D eigenvalue weighted by Gasteiger charge is -1.98. The topological polar surface area (TPSA) is 22.1 Å². The van der Waals surface area contributed by atoms with Gasteiger partial charge >= 0.3 is 0 Å². The minimum absolute atomic E-state index is 0.605. The zero-order chi connectivity index (χ0) is 8.81. The summed E-state index contributed by atoms with van der Waals surface area (Å²) in [7, 11) is 0. The zero-order valence-electron chi connectivity index (χ0n) is 7.03. The van der Waals surface area contributed by atoms with E-state index < -0.39 is 0 Å². The van der Waals surface area contributed by atoms with E-state index in [-0.39, 0.29) is 0 Å². The average molecular weight is 161 g/mol. The second kappa shape index (κ2) is 4.34. The Balaban J connectivity index is 2.63. The summed E-state index contributed by atoms with van der Waals surface area (Å²) >= 11 is 0. The van der Waals surface area contributed by atoms with E-state index in [1.165, 1.54) is 0 Å². The van der Waals surface area contributed by atoms with E-state index in [1.807, 2.05) is 19.1 Å². The molecule has 1 aromatic heterocycles. The first kappa shape index (κ1) is 8.53. The van der Waals surface area contributed by atoms with Crippen LogP contribution in [0.3, 0.4) is 0 Å². The van der Waals surface area contributed by atoms with Crippen molar-refractivity contribution in [3.63, 3.8) is 0 Å². The Bertz CT molecular complexity index is 292. The smallest absolute Gasteiger partial charge is 0.218 e. The molecule has 0 saturated heterocycles. The molecule has 2 heteroatoms. The van der Waals surface area contributed by atoms with Crippen molar-refractivity contribution < 1.29 is 4.74 Å². The highest BCUT2D eigenvalue weighted by atomic mass is 16.5. The summed E-state index contributed by atoms with van der Waals surface area (Å²) in [4.78, 5) is 4.14. The maximum Gasteiger partial charge on any atom is 0.218 e. The highest BCUT2D eigenvalue weighted by Crippen LogP contribution is 2.06. The fourth-order valence-electron chi connectivity index (χ4n) is 0.748. The molecule has 0 saturated carbocycles. The van der Waals surface area contributed by atoms with Gasteiger partial charge in [-0.25, -0.2) is 4.98 Å². The largest absolute Gasteiger partial charge is 0.447 e. The molecule has 0 atom stereocenters. The predicted molar refractivity (Wildman–Crippen MR) is 48.9 cm³/mol. The van der Waals surface area contributed by atoms with Crippen LogP contribution in [0.2, 0.25) is 0 Å². The number of hydrogen-bond donors (Lipinski definition) is 0. The van der Waals surface area contributed by atoms with E-state index in [4.69, 9.17) is 4.74 Å². The van der Waals surface area contributed by atoms with Crippen LogP contribution in [-0.4, -0.2) is 4.98 Å². The molecule has 2 nitrogen and oxygen atoms in total. The number of nitrogens with zero attached hydrogens (tertiary/aromatic N) is 1. The molecule has 12 heavy (non-hydrogen) atoms. The fraction of sp³-hybridized carbons (Fsp3) is 0.100. The lowest BCUT2D eigenvalue weighted by molar-refractivity contribution is 0.460. The molecule has 0 amide bonds. The molecule has 0 spiro atoms. The van der Waals surface area contributed by atoms with E-state index in [0.717, 1.165) is 5.69 Å². The van der Waals surface area contributed by atoms with Gasteiger partial charge in [0.25, 0.3) is 0 Å². The highest BCUT2D eigenvalue weighted by molar-refractivity contribution is 5.15. The van der Waals surface area contributed by atoms with Crippen LogP contribution in [0.5, 0.6) is 5.88 Å². The number of allylic oxidation sites excluding steroid dienone is 2. The summed E-state index contributed by atoms with van der Waals surface area (Å²) in [5, 5.41) is 0. The number of hydrogen-bond acceptors (Lipinski definition) is 2. The first-order chi connectivity index (χ1) is 5.83. The molecule has 0 aliphatic carbocycles. The number of pyridine rings is 1. The quantitative estimate of drug-likeness (QED) is 0.502. The van der Waals surface area contributed by atoms with Gasteiger partial charge in [-0.15, -0.1) is 0 Å². The first-order valence-corrected chi connectivity index (χ1v) is 3.71. The summed E-state index contributed by atoms with van der Waals surface area (Å²) in [5.41, 5.74) is 0.944. The van der Waals surface area contributed by atoms with Gasteiger partial charge in [0.2, 0.25) is 5.88 Å². The Labute approximate surface area is 72.2 Å². The Morgan fingerprint density at radius 2 is 2.33 bits per heavy atom. The van der Waals surface area contributed by atoms with Crippen molar-refractivity contribution >= 4 is 0 Å². The van der Waals surface area contributed by atoms with Gasteiger partial charge in [0.05, 0.1) is 6.26 Å². The van der Waals surface area contributed by atoms with Crippen molar-refractivity contribution in [3.05, 3.63) is 48.9 Å². The molecule has 0 bridgehead atoms. The molecule has 0 aliphatic rings. The van der Waals surface area contributed by atoms with E-state index in [9.17, 15) is 0 Å². The summed E-state index contributed by atoms with van der Waals surface area (Å²) in [5.74, 6) is 0.605. The van der Waals surface area contributed by atoms with Crippen LogP contribution in [-0.2, 0) is 0 Å². The minimum atomic E-state index is 0.605. The first-order valence-electron chi connectivity index (χ1n) is 3.71. The summed E-state index contributed by atoms with van der Waals surface area (Å²) in [6, 6.07) is 5.63. The third kappa shape index (κ3) is 2.58. The predicted octanol–water partition coefficient (Wildman–Crippen LogP) is 2.47. The van der Waals surface area contributed by atoms with E-state index in [1.54, 1.807) is 24.5 Å². The minimum Gasteiger partial charge on any atom is -0.447 e. The molecule has 1 rings (SSSR count). The molecule has 0 unspecified atom stereocenters. The number of ether oxygens (including phenoxy) is 1. The lowest BCUT2D eigenvalue weighted by Crippen LogP contribution is -1.87. The Kier molecular flexibility index (Phi) is 3.08.